The lowest BCUT2D eigenvalue weighted by molar-refractivity contribution is 0.256. The fourth-order valence-corrected chi connectivity index (χ4v) is 3.05. The molecular formula is C18H20ClNO2. The number of rotatable bonds is 4. The Morgan fingerprint density at radius 1 is 1.18 bits per heavy atom. The molecule has 0 amide bonds. The minimum absolute atomic E-state index is 0.232. The third-order valence-corrected chi connectivity index (χ3v) is 4.47. The second kappa shape index (κ2) is 6.59. The molecule has 0 fully saturated rings. The molecule has 3 nitrogen and oxygen atoms in total. The lowest BCUT2D eigenvalue weighted by atomic mass is 9.98. The molecule has 2 aromatic rings. The number of benzene rings is 2. The van der Waals surface area contributed by atoms with Gasteiger partial charge in [-0.25, -0.2) is 0 Å². The molecule has 0 unspecified atom stereocenters. The van der Waals surface area contributed by atoms with E-state index in [0.717, 1.165) is 37.5 Å². The highest BCUT2D eigenvalue weighted by molar-refractivity contribution is 6.30. The summed E-state index contributed by atoms with van der Waals surface area (Å²) in [6.07, 6.45) is 1.98. The number of hydrogen-bond donors (Lipinski definition) is 1. The van der Waals surface area contributed by atoms with Crippen LogP contribution in [0.4, 0.5) is 0 Å². The standard InChI is InChI=1S/C18H20ClNO2/c1-22-18-11-15-12-20(9-7-14(15)10-17(18)21)8-6-13-2-4-16(19)5-3-13/h2-5,10-11,21H,6-9,12H2,1H3. The van der Waals surface area contributed by atoms with Crippen LogP contribution in [0.3, 0.4) is 0 Å². The molecule has 0 saturated carbocycles. The van der Waals surface area contributed by atoms with Crippen molar-refractivity contribution in [2.45, 2.75) is 19.4 Å². The van der Waals surface area contributed by atoms with Crippen LogP contribution in [0.2, 0.25) is 5.02 Å². The van der Waals surface area contributed by atoms with Gasteiger partial charge in [0.1, 0.15) is 0 Å². The van der Waals surface area contributed by atoms with E-state index in [0.29, 0.717) is 5.75 Å². The maximum absolute atomic E-state index is 9.86. The van der Waals surface area contributed by atoms with Crippen molar-refractivity contribution in [2.75, 3.05) is 20.2 Å². The summed E-state index contributed by atoms with van der Waals surface area (Å²) in [7, 11) is 1.59. The molecule has 3 rings (SSSR count). The van der Waals surface area contributed by atoms with E-state index in [4.69, 9.17) is 16.3 Å². The summed E-state index contributed by atoms with van der Waals surface area (Å²) in [4.78, 5) is 2.44. The van der Waals surface area contributed by atoms with Crippen molar-refractivity contribution in [2.24, 2.45) is 0 Å². The molecule has 0 atom stereocenters. The van der Waals surface area contributed by atoms with Gasteiger partial charge in [-0.3, -0.25) is 4.90 Å². The van der Waals surface area contributed by atoms with Gasteiger partial charge in [-0.15, -0.1) is 0 Å². The van der Waals surface area contributed by atoms with Crippen LogP contribution >= 0.6 is 11.6 Å². The average molecular weight is 318 g/mol. The van der Waals surface area contributed by atoms with E-state index in [1.807, 2.05) is 24.3 Å². The number of phenolic OH excluding ortho intramolecular Hbond substituents is 1. The van der Waals surface area contributed by atoms with Crippen LogP contribution in [-0.2, 0) is 19.4 Å². The molecule has 0 aliphatic carbocycles. The summed E-state index contributed by atoms with van der Waals surface area (Å²) in [6, 6.07) is 11.8. The van der Waals surface area contributed by atoms with Crippen LogP contribution in [0.25, 0.3) is 0 Å². The van der Waals surface area contributed by atoms with Crippen LogP contribution in [0.15, 0.2) is 36.4 Å². The minimum Gasteiger partial charge on any atom is -0.504 e. The Morgan fingerprint density at radius 3 is 2.68 bits per heavy atom. The van der Waals surface area contributed by atoms with Gasteiger partial charge in [0, 0.05) is 24.7 Å². The van der Waals surface area contributed by atoms with Crippen LogP contribution in [0.5, 0.6) is 11.5 Å². The van der Waals surface area contributed by atoms with Gasteiger partial charge in [0.15, 0.2) is 11.5 Å². The minimum atomic E-state index is 0.232. The van der Waals surface area contributed by atoms with Gasteiger partial charge in [0.05, 0.1) is 7.11 Å². The van der Waals surface area contributed by atoms with Crippen molar-refractivity contribution in [3.8, 4) is 11.5 Å². The lowest BCUT2D eigenvalue weighted by Gasteiger charge is -2.29. The molecule has 1 N–H and O–H groups in total. The highest BCUT2D eigenvalue weighted by Crippen LogP contribution is 2.32. The molecule has 1 aliphatic rings. The van der Waals surface area contributed by atoms with Crippen molar-refractivity contribution in [1.82, 2.24) is 4.90 Å². The van der Waals surface area contributed by atoms with Gasteiger partial charge in [0.25, 0.3) is 0 Å². The van der Waals surface area contributed by atoms with E-state index >= 15 is 0 Å². The Kier molecular flexibility index (Phi) is 4.55. The predicted molar refractivity (Wildman–Crippen MR) is 88.8 cm³/mol. The number of fused-ring (bicyclic) bond motifs is 1. The van der Waals surface area contributed by atoms with Crippen LogP contribution in [0, 0.1) is 0 Å². The number of methoxy groups -OCH3 is 1. The third kappa shape index (κ3) is 3.37. The monoisotopic (exact) mass is 317 g/mol. The zero-order chi connectivity index (χ0) is 15.5. The number of phenols is 1. The summed E-state index contributed by atoms with van der Waals surface area (Å²) in [5.74, 6) is 0.786. The molecule has 0 spiro atoms. The molecule has 4 heteroatoms. The highest BCUT2D eigenvalue weighted by atomic mass is 35.5. The maximum Gasteiger partial charge on any atom is 0.160 e. The average Bonchev–Trinajstić information content (AvgIpc) is 2.53. The van der Waals surface area contributed by atoms with E-state index in [1.165, 1.54) is 16.7 Å². The Morgan fingerprint density at radius 2 is 1.95 bits per heavy atom. The highest BCUT2D eigenvalue weighted by Gasteiger charge is 2.18. The Balaban J connectivity index is 1.65. The molecule has 1 aliphatic heterocycles. The van der Waals surface area contributed by atoms with Crippen molar-refractivity contribution in [3.05, 3.63) is 58.1 Å². The van der Waals surface area contributed by atoms with Gasteiger partial charge in [-0.05, 0) is 53.8 Å². The first-order chi connectivity index (χ1) is 10.7. The first-order valence-electron chi connectivity index (χ1n) is 7.51. The first kappa shape index (κ1) is 15.2. The molecule has 22 heavy (non-hydrogen) atoms. The molecule has 0 radical (unpaired) electrons. The second-order valence-corrected chi connectivity index (χ2v) is 6.13. The molecular weight excluding hydrogens is 298 g/mol. The van der Waals surface area contributed by atoms with E-state index < -0.39 is 0 Å². The number of ether oxygens (including phenoxy) is 1. The number of halogens is 1. The van der Waals surface area contributed by atoms with Gasteiger partial charge < -0.3 is 9.84 Å². The lowest BCUT2D eigenvalue weighted by Crippen LogP contribution is -2.32. The van der Waals surface area contributed by atoms with Gasteiger partial charge in [0.2, 0.25) is 0 Å². The molecule has 2 aromatic carbocycles. The van der Waals surface area contributed by atoms with E-state index in [9.17, 15) is 5.11 Å². The molecule has 0 bridgehead atoms. The largest absolute Gasteiger partial charge is 0.504 e. The van der Waals surface area contributed by atoms with E-state index in [1.54, 1.807) is 7.11 Å². The smallest absolute Gasteiger partial charge is 0.160 e. The number of hydrogen-bond acceptors (Lipinski definition) is 3. The molecule has 0 saturated heterocycles. The van der Waals surface area contributed by atoms with Gasteiger partial charge in [-0.2, -0.15) is 0 Å². The summed E-state index contributed by atoms with van der Waals surface area (Å²) < 4.78 is 5.21. The van der Waals surface area contributed by atoms with E-state index in [2.05, 4.69) is 17.0 Å². The second-order valence-electron chi connectivity index (χ2n) is 5.70. The van der Waals surface area contributed by atoms with Crippen LogP contribution in [0.1, 0.15) is 16.7 Å². The fraction of sp³-hybridized carbons (Fsp3) is 0.333. The SMILES string of the molecule is COc1cc2c(cc1O)CCN(CCc1ccc(Cl)cc1)C2. The number of aromatic hydroxyl groups is 1. The zero-order valence-corrected chi connectivity index (χ0v) is 13.4. The molecule has 1 heterocycles. The van der Waals surface area contributed by atoms with E-state index in [-0.39, 0.29) is 5.75 Å². The summed E-state index contributed by atoms with van der Waals surface area (Å²) in [5.41, 5.74) is 3.77. The number of nitrogens with zero attached hydrogens (tertiary/aromatic N) is 1. The molecule has 0 aromatic heterocycles. The van der Waals surface area contributed by atoms with Crippen molar-refractivity contribution in [3.63, 3.8) is 0 Å². The van der Waals surface area contributed by atoms with Crippen molar-refractivity contribution in [1.29, 1.82) is 0 Å². The zero-order valence-electron chi connectivity index (χ0n) is 12.7. The topological polar surface area (TPSA) is 32.7 Å². The first-order valence-corrected chi connectivity index (χ1v) is 7.89. The summed E-state index contributed by atoms with van der Waals surface area (Å²) >= 11 is 5.92. The fourth-order valence-electron chi connectivity index (χ4n) is 2.92. The Hall–Kier alpha value is -1.71. The van der Waals surface area contributed by atoms with Crippen LogP contribution in [-0.4, -0.2) is 30.2 Å². The maximum atomic E-state index is 9.86. The summed E-state index contributed by atoms with van der Waals surface area (Å²) in [6.45, 7) is 2.94. The summed E-state index contributed by atoms with van der Waals surface area (Å²) in [5, 5.41) is 10.6. The van der Waals surface area contributed by atoms with Crippen molar-refractivity contribution >= 4 is 11.6 Å². The Bertz CT molecular complexity index is 655. The predicted octanol–water partition coefficient (Wildman–Crippen LogP) is 3.66. The van der Waals surface area contributed by atoms with Crippen molar-refractivity contribution < 1.29 is 9.84 Å². The normalized spacial score (nSPS) is 14.6. The van der Waals surface area contributed by atoms with Gasteiger partial charge >= 0.3 is 0 Å². The van der Waals surface area contributed by atoms with Gasteiger partial charge in [-0.1, -0.05) is 23.7 Å². The Labute approximate surface area is 136 Å². The third-order valence-electron chi connectivity index (χ3n) is 4.22. The molecule has 116 valence electrons. The van der Waals surface area contributed by atoms with Crippen LogP contribution < -0.4 is 4.74 Å². The quantitative estimate of drug-likeness (QED) is 0.934.